The fourth-order valence-electron chi connectivity index (χ4n) is 1.65. The Hall–Kier alpha value is -1.89. The molecule has 0 atom stereocenters. The highest BCUT2D eigenvalue weighted by molar-refractivity contribution is 7.21. The minimum Gasteiger partial charge on any atom is -0.273 e. The van der Waals surface area contributed by atoms with Crippen LogP contribution in [-0.2, 0) is 6.18 Å². The van der Waals surface area contributed by atoms with Gasteiger partial charge in [-0.05, 0) is 12.1 Å². The van der Waals surface area contributed by atoms with Gasteiger partial charge in [0.1, 0.15) is 10.7 Å². The predicted molar refractivity (Wildman–Crippen MR) is 62.2 cm³/mol. The number of hydrogen-bond acceptors (Lipinski definition) is 3. The number of nitrogens with one attached hydrogen (secondary N) is 1. The average molecular weight is 269 g/mol. The topological polar surface area (TPSA) is 41.6 Å². The van der Waals surface area contributed by atoms with Crippen LogP contribution in [0.4, 0.5) is 13.2 Å². The van der Waals surface area contributed by atoms with Crippen LogP contribution in [0.15, 0.2) is 30.5 Å². The van der Waals surface area contributed by atoms with Crippen LogP contribution >= 0.6 is 11.3 Å². The van der Waals surface area contributed by atoms with Crippen LogP contribution in [0, 0.1) is 0 Å². The molecule has 3 rings (SSSR count). The quantitative estimate of drug-likeness (QED) is 0.731. The summed E-state index contributed by atoms with van der Waals surface area (Å²) in [5.74, 6) is 0. The summed E-state index contributed by atoms with van der Waals surface area (Å²) in [5, 5.41) is 5.75. The first-order valence-electron chi connectivity index (χ1n) is 5.02. The van der Waals surface area contributed by atoms with Gasteiger partial charge in [0, 0.05) is 0 Å². The third-order valence-corrected chi connectivity index (χ3v) is 3.52. The minimum atomic E-state index is -4.45. The van der Waals surface area contributed by atoms with E-state index in [2.05, 4.69) is 10.1 Å². The summed E-state index contributed by atoms with van der Waals surface area (Å²) in [5.41, 5.74) is -0.183. The highest BCUT2D eigenvalue weighted by atomic mass is 32.1. The number of alkyl halides is 3. The zero-order chi connectivity index (χ0) is 12.8. The Labute approximate surface area is 103 Å². The van der Waals surface area contributed by atoms with E-state index < -0.39 is 11.9 Å². The van der Waals surface area contributed by atoms with Crippen LogP contribution in [-0.4, -0.2) is 15.2 Å². The first kappa shape index (κ1) is 11.2. The summed E-state index contributed by atoms with van der Waals surface area (Å²) in [6.45, 7) is 0. The van der Waals surface area contributed by atoms with Gasteiger partial charge < -0.3 is 0 Å². The molecular weight excluding hydrogens is 263 g/mol. The van der Waals surface area contributed by atoms with E-state index in [4.69, 9.17) is 0 Å². The first-order chi connectivity index (χ1) is 8.55. The standard InChI is InChI=1S/C11H6F3N3S/c12-11(13,14)9-6(5-15-17-9)10-16-7-3-1-2-4-8(7)18-10/h1-5H,(H,15,17). The molecule has 1 N–H and O–H groups in total. The van der Waals surface area contributed by atoms with Crippen molar-refractivity contribution in [2.75, 3.05) is 0 Å². The molecule has 0 bridgehead atoms. The lowest BCUT2D eigenvalue weighted by molar-refractivity contribution is -0.140. The number of rotatable bonds is 1. The van der Waals surface area contributed by atoms with Gasteiger partial charge in [-0.1, -0.05) is 12.1 Å². The summed E-state index contributed by atoms with van der Waals surface area (Å²) in [4.78, 5) is 4.19. The molecule has 1 aromatic carbocycles. The molecule has 3 nitrogen and oxygen atoms in total. The van der Waals surface area contributed by atoms with E-state index in [9.17, 15) is 13.2 Å². The summed E-state index contributed by atoms with van der Waals surface area (Å²) in [6, 6.07) is 7.21. The lowest BCUT2D eigenvalue weighted by atomic mass is 10.2. The maximum Gasteiger partial charge on any atom is 0.433 e. The van der Waals surface area contributed by atoms with E-state index >= 15 is 0 Å². The Morgan fingerprint density at radius 2 is 1.94 bits per heavy atom. The van der Waals surface area contributed by atoms with Crippen molar-refractivity contribution in [2.24, 2.45) is 0 Å². The van der Waals surface area contributed by atoms with Crippen molar-refractivity contribution in [3.63, 3.8) is 0 Å². The van der Waals surface area contributed by atoms with Crippen molar-refractivity contribution < 1.29 is 13.2 Å². The average Bonchev–Trinajstić information content (AvgIpc) is 2.94. The number of nitrogens with zero attached hydrogens (tertiary/aromatic N) is 2. The Morgan fingerprint density at radius 3 is 2.67 bits per heavy atom. The number of H-pyrrole nitrogens is 1. The van der Waals surface area contributed by atoms with Crippen LogP contribution in [0.5, 0.6) is 0 Å². The normalized spacial score (nSPS) is 12.2. The molecule has 0 unspecified atom stereocenters. The predicted octanol–water partition coefficient (Wildman–Crippen LogP) is 3.71. The van der Waals surface area contributed by atoms with Gasteiger partial charge in [-0.3, -0.25) is 5.10 Å². The Bertz CT molecular complexity index is 666. The van der Waals surface area contributed by atoms with E-state index in [1.165, 1.54) is 11.3 Å². The van der Waals surface area contributed by atoms with Crippen LogP contribution in [0.2, 0.25) is 0 Å². The maximum atomic E-state index is 12.7. The van der Waals surface area contributed by atoms with E-state index in [0.29, 0.717) is 10.5 Å². The zero-order valence-electron chi connectivity index (χ0n) is 8.82. The van der Waals surface area contributed by atoms with Gasteiger partial charge in [-0.2, -0.15) is 18.3 Å². The molecule has 0 aliphatic rings. The second kappa shape index (κ2) is 3.81. The van der Waals surface area contributed by atoms with E-state index in [1.807, 2.05) is 17.2 Å². The number of halogens is 3. The van der Waals surface area contributed by atoms with E-state index in [0.717, 1.165) is 10.9 Å². The molecule has 0 spiro atoms. The second-order valence-corrected chi connectivity index (χ2v) is 4.67. The molecule has 0 saturated carbocycles. The molecule has 2 aromatic heterocycles. The number of thiazole rings is 1. The number of para-hydroxylation sites is 1. The van der Waals surface area contributed by atoms with Crippen molar-refractivity contribution in [2.45, 2.75) is 6.18 Å². The molecule has 7 heteroatoms. The molecule has 0 radical (unpaired) electrons. The summed E-state index contributed by atoms with van der Waals surface area (Å²) in [6.07, 6.45) is -3.30. The van der Waals surface area contributed by atoms with Crippen LogP contribution in [0.3, 0.4) is 0 Å². The molecule has 2 heterocycles. The molecular formula is C11H6F3N3S. The van der Waals surface area contributed by atoms with E-state index in [-0.39, 0.29) is 5.56 Å². The number of aromatic nitrogens is 3. The Kier molecular flexibility index (Phi) is 2.37. The number of aromatic amines is 1. The lowest BCUT2D eigenvalue weighted by Crippen LogP contribution is -2.07. The van der Waals surface area contributed by atoms with Crippen molar-refractivity contribution in [3.05, 3.63) is 36.2 Å². The number of benzene rings is 1. The Balaban J connectivity index is 2.18. The first-order valence-corrected chi connectivity index (χ1v) is 5.84. The number of fused-ring (bicyclic) bond motifs is 1. The summed E-state index contributed by atoms with van der Waals surface area (Å²) >= 11 is 1.21. The maximum absolute atomic E-state index is 12.7. The van der Waals surface area contributed by atoms with Crippen LogP contribution < -0.4 is 0 Å². The highest BCUT2D eigenvalue weighted by Gasteiger charge is 2.36. The van der Waals surface area contributed by atoms with Gasteiger partial charge in [0.2, 0.25) is 0 Å². The molecule has 0 amide bonds. The zero-order valence-corrected chi connectivity index (χ0v) is 9.64. The van der Waals surface area contributed by atoms with Crippen molar-refractivity contribution in [1.29, 1.82) is 0 Å². The molecule has 0 aliphatic heterocycles. The molecule has 92 valence electrons. The van der Waals surface area contributed by atoms with Gasteiger partial charge in [0.15, 0.2) is 0 Å². The summed E-state index contributed by atoms with van der Waals surface area (Å²) in [7, 11) is 0. The van der Waals surface area contributed by atoms with Crippen molar-refractivity contribution in [1.82, 2.24) is 15.2 Å². The van der Waals surface area contributed by atoms with Gasteiger partial charge in [-0.15, -0.1) is 11.3 Å². The van der Waals surface area contributed by atoms with Crippen LogP contribution in [0.1, 0.15) is 5.69 Å². The molecule has 0 aliphatic carbocycles. The highest BCUT2D eigenvalue weighted by Crippen LogP contribution is 2.38. The third-order valence-electron chi connectivity index (χ3n) is 2.45. The molecule has 3 aromatic rings. The van der Waals surface area contributed by atoms with E-state index in [1.54, 1.807) is 12.1 Å². The van der Waals surface area contributed by atoms with Gasteiger partial charge in [0.25, 0.3) is 0 Å². The fourth-order valence-corrected chi connectivity index (χ4v) is 2.63. The Morgan fingerprint density at radius 1 is 1.17 bits per heavy atom. The third kappa shape index (κ3) is 1.76. The second-order valence-electron chi connectivity index (χ2n) is 3.64. The van der Waals surface area contributed by atoms with Gasteiger partial charge in [-0.25, -0.2) is 4.98 Å². The molecule has 0 saturated heterocycles. The number of hydrogen-bond donors (Lipinski definition) is 1. The SMILES string of the molecule is FC(F)(F)c1[nH]ncc1-c1nc2ccccc2s1. The van der Waals surface area contributed by atoms with Gasteiger partial charge in [0.05, 0.1) is 22.0 Å². The van der Waals surface area contributed by atoms with Crippen molar-refractivity contribution >= 4 is 21.6 Å². The monoisotopic (exact) mass is 269 g/mol. The minimum absolute atomic E-state index is 0.0105. The largest absolute Gasteiger partial charge is 0.433 e. The summed E-state index contributed by atoms with van der Waals surface area (Å²) < 4.78 is 39.0. The van der Waals surface area contributed by atoms with Crippen molar-refractivity contribution in [3.8, 4) is 10.6 Å². The van der Waals surface area contributed by atoms with Gasteiger partial charge >= 0.3 is 6.18 Å². The lowest BCUT2D eigenvalue weighted by Gasteiger charge is -2.04. The smallest absolute Gasteiger partial charge is 0.273 e. The fraction of sp³-hybridized carbons (Fsp3) is 0.0909. The molecule has 0 fully saturated rings. The molecule has 18 heavy (non-hydrogen) atoms. The van der Waals surface area contributed by atoms with Crippen LogP contribution in [0.25, 0.3) is 20.8 Å².